The second-order valence-corrected chi connectivity index (χ2v) is 8.83. The van der Waals surface area contributed by atoms with Gasteiger partial charge in [-0.3, -0.25) is 4.99 Å². The van der Waals surface area contributed by atoms with E-state index in [1.165, 1.54) is 22.8 Å². The first-order valence-corrected chi connectivity index (χ1v) is 12.0. The van der Waals surface area contributed by atoms with Gasteiger partial charge in [0.15, 0.2) is 5.96 Å². The number of aliphatic imine (C=N–C) groups is 1. The molecule has 29 heavy (non-hydrogen) atoms. The number of rotatable bonds is 9. The van der Waals surface area contributed by atoms with Crippen LogP contribution in [0.15, 0.2) is 29.3 Å². The Labute approximate surface area is 179 Å². The van der Waals surface area contributed by atoms with Crippen molar-refractivity contribution in [1.29, 1.82) is 0 Å². The zero-order valence-electron chi connectivity index (χ0n) is 17.7. The fourth-order valence-electron chi connectivity index (χ4n) is 3.60. The highest BCUT2D eigenvalue weighted by Gasteiger charge is 2.13. The lowest BCUT2D eigenvalue weighted by Crippen LogP contribution is -2.37. The van der Waals surface area contributed by atoms with Gasteiger partial charge in [-0.1, -0.05) is 12.1 Å². The minimum absolute atomic E-state index is 0.673. The molecular formula is C22H36N4O2S. The first-order chi connectivity index (χ1) is 14.3. The van der Waals surface area contributed by atoms with Gasteiger partial charge in [0.05, 0.1) is 0 Å². The lowest BCUT2D eigenvalue weighted by Gasteiger charge is -2.28. The number of nitrogens with one attached hydrogen (secondary N) is 2. The Kier molecular flexibility index (Phi) is 9.96. The van der Waals surface area contributed by atoms with Crippen LogP contribution in [0, 0.1) is 5.92 Å². The van der Waals surface area contributed by atoms with Crippen LogP contribution in [0.5, 0.6) is 0 Å². The van der Waals surface area contributed by atoms with Gasteiger partial charge in [0.1, 0.15) is 0 Å². The molecule has 1 aromatic carbocycles. The standard InChI is InChI=1S/C22H36N4O2S/c1-23-22(24-9-2-12-28-18-20-7-13-27-14-8-20)25-17-19-3-5-21(6-4-19)26-10-15-29-16-11-26/h3-6,20H,2,7-18H2,1H3,(H2,23,24,25). The van der Waals surface area contributed by atoms with Crippen molar-refractivity contribution < 1.29 is 9.47 Å². The number of guanidine groups is 1. The number of nitrogens with zero attached hydrogens (tertiary/aromatic N) is 2. The number of anilines is 1. The first-order valence-electron chi connectivity index (χ1n) is 10.9. The number of thioether (sulfide) groups is 1. The quantitative estimate of drug-likeness (QED) is 0.364. The summed E-state index contributed by atoms with van der Waals surface area (Å²) in [7, 11) is 1.81. The summed E-state index contributed by atoms with van der Waals surface area (Å²) < 4.78 is 11.2. The average Bonchev–Trinajstić information content (AvgIpc) is 2.80. The molecule has 0 atom stereocenters. The SMILES string of the molecule is CN=C(NCCCOCC1CCOCC1)NCc1ccc(N2CCSCC2)cc1. The number of hydrogen-bond donors (Lipinski definition) is 2. The molecule has 0 aliphatic carbocycles. The maximum Gasteiger partial charge on any atom is 0.191 e. The van der Waals surface area contributed by atoms with Crippen LogP contribution in [0.2, 0.25) is 0 Å². The fraction of sp³-hybridized carbons (Fsp3) is 0.682. The van der Waals surface area contributed by atoms with Gasteiger partial charge in [-0.25, -0.2) is 0 Å². The molecule has 2 aliphatic heterocycles. The van der Waals surface area contributed by atoms with Crippen molar-refractivity contribution in [2.24, 2.45) is 10.9 Å². The topological polar surface area (TPSA) is 58.1 Å². The van der Waals surface area contributed by atoms with Gasteiger partial charge >= 0.3 is 0 Å². The second-order valence-electron chi connectivity index (χ2n) is 7.60. The van der Waals surface area contributed by atoms with Gasteiger partial charge in [0, 0.05) is 76.8 Å². The van der Waals surface area contributed by atoms with Gasteiger partial charge in [-0.15, -0.1) is 0 Å². The van der Waals surface area contributed by atoms with Crippen LogP contribution in [0.1, 0.15) is 24.8 Å². The van der Waals surface area contributed by atoms with Gasteiger partial charge in [-0.2, -0.15) is 11.8 Å². The molecule has 7 heteroatoms. The highest BCUT2D eigenvalue weighted by molar-refractivity contribution is 7.99. The summed E-state index contributed by atoms with van der Waals surface area (Å²) in [6, 6.07) is 8.89. The van der Waals surface area contributed by atoms with Gasteiger partial charge in [-0.05, 0) is 42.9 Å². The lowest BCUT2D eigenvalue weighted by molar-refractivity contribution is 0.0203. The third kappa shape index (κ3) is 8.07. The van der Waals surface area contributed by atoms with Crippen LogP contribution in [-0.2, 0) is 16.0 Å². The van der Waals surface area contributed by atoms with E-state index in [-0.39, 0.29) is 0 Å². The third-order valence-electron chi connectivity index (χ3n) is 5.45. The maximum atomic E-state index is 5.82. The molecule has 0 saturated carbocycles. The minimum Gasteiger partial charge on any atom is -0.381 e. The van der Waals surface area contributed by atoms with E-state index in [2.05, 4.69) is 44.8 Å². The molecule has 2 N–H and O–H groups in total. The van der Waals surface area contributed by atoms with E-state index < -0.39 is 0 Å². The largest absolute Gasteiger partial charge is 0.381 e. The van der Waals surface area contributed by atoms with Crippen LogP contribution in [0.3, 0.4) is 0 Å². The summed E-state index contributed by atoms with van der Waals surface area (Å²) in [5, 5.41) is 6.76. The van der Waals surface area contributed by atoms with Crippen molar-refractivity contribution in [1.82, 2.24) is 10.6 Å². The molecular weight excluding hydrogens is 384 g/mol. The van der Waals surface area contributed by atoms with Crippen molar-refractivity contribution in [3.63, 3.8) is 0 Å². The summed E-state index contributed by atoms with van der Waals surface area (Å²) in [5.41, 5.74) is 2.60. The second kappa shape index (κ2) is 13.0. The Bertz CT molecular complexity index is 599. The smallest absolute Gasteiger partial charge is 0.191 e. The van der Waals surface area contributed by atoms with Crippen molar-refractivity contribution in [2.45, 2.75) is 25.8 Å². The fourth-order valence-corrected chi connectivity index (χ4v) is 4.50. The molecule has 2 fully saturated rings. The normalized spacial score (nSPS) is 18.7. The van der Waals surface area contributed by atoms with Crippen LogP contribution in [-0.4, -0.2) is 70.6 Å². The maximum absolute atomic E-state index is 5.82. The van der Waals surface area contributed by atoms with Crippen molar-refractivity contribution in [3.05, 3.63) is 29.8 Å². The number of ether oxygens (including phenoxy) is 2. The number of benzene rings is 1. The first kappa shape index (κ1) is 22.2. The highest BCUT2D eigenvalue weighted by atomic mass is 32.2. The van der Waals surface area contributed by atoms with Crippen molar-refractivity contribution in [3.8, 4) is 0 Å². The van der Waals surface area contributed by atoms with Gasteiger partial charge in [0.25, 0.3) is 0 Å². The zero-order valence-corrected chi connectivity index (χ0v) is 18.5. The third-order valence-corrected chi connectivity index (χ3v) is 6.39. The molecule has 162 valence electrons. The Balaban J connectivity index is 1.27. The molecule has 0 spiro atoms. The van der Waals surface area contributed by atoms with Gasteiger partial charge < -0.3 is 25.0 Å². The van der Waals surface area contributed by atoms with Crippen LogP contribution < -0.4 is 15.5 Å². The van der Waals surface area contributed by atoms with Crippen LogP contribution in [0.4, 0.5) is 5.69 Å². The van der Waals surface area contributed by atoms with Crippen LogP contribution >= 0.6 is 11.8 Å². The predicted molar refractivity (Wildman–Crippen MR) is 123 cm³/mol. The average molecular weight is 421 g/mol. The Hall–Kier alpha value is -1.44. The molecule has 6 nitrogen and oxygen atoms in total. The summed E-state index contributed by atoms with van der Waals surface area (Å²) in [6.45, 7) is 7.36. The molecule has 0 aromatic heterocycles. The molecule has 0 unspecified atom stereocenters. The monoisotopic (exact) mass is 420 g/mol. The molecule has 0 radical (unpaired) electrons. The predicted octanol–water partition coefficient (Wildman–Crippen LogP) is 2.74. The Morgan fingerprint density at radius 3 is 2.66 bits per heavy atom. The summed E-state index contributed by atoms with van der Waals surface area (Å²) in [5.74, 6) is 3.97. The summed E-state index contributed by atoms with van der Waals surface area (Å²) in [6.07, 6.45) is 3.24. The number of hydrogen-bond acceptors (Lipinski definition) is 5. The molecule has 2 heterocycles. The van der Waals surface area contributed by atoms with Crippen molar-refractivity contribution in [2.75, 3.05) is 69.5 Å². The molecule has 3 rings (SSSR count). The van der Waals surface area contributed by atoms with Gasteiger partial charge in [0.2, 0.25) is 0 Å². The highest BCUT2D eigenvalue weighted by Crippen LogP contribution is 2.19. The van der Waals surface area contributed by atoms with E-state index in [0.29, 0.717) is 5.92 Å². The van der Waals surface area contributed by atoms with E-state index >= 15 is 0 Å². The minimum atomic E-state index is 0.673. The lowest BCUT2D eigenvalue weighted by atomic mass is 10.0. The summed E-state index contributed by atoms with van der Waals surface area (Å²) >= 11 is 2.04. The molecule has 2 saturated heterocycles. The molecule has 0 bridgehead atoms. The van der Waals surface area contributed by atoms with E-state index in [0.717, 1.165) is 77.8 Å². The summed E-state index contributed by atoms with van der Waals surface area (Å²) in [4.78, 5) is 6.79. The Morgan fingerprint density at radius 1 is 1.17 bits per heavy atom. The van der Waals surface area contributed by atoms with E-state index in [1.54, 1.807) is 0 Å². The van der Waals surface area contributed by atoms with E-state index in [4.69, 9.17) is 9.47 Å². The molecule has 2 aliphatic rings. The van der Waals surface area contributed by atoms with Crippen molar-refractivity contribution >= 4 is 23.4 Å². The molecule has 0 amide bonds. The van der Waals surface area contributed by atoms with E-state index in [1.807, 2.05) is 18.8 Å². The van der Waals surface area contributed by atoms with Crippen LogP contribution in [0.25, 0.3) is 0 Å². The van der Waals surface area contributed by atoms with E-state index in [9.17, 15) is 0 Å². The Morgan fingerprint density at radius 2 is 1.93 bits per heavy atom. The molecule has 1 aromatic rings. The zero-order chi connectivity index (χ0) is 20.2.